The maximum atomic E-state index is 12.2. The molecule has 6 nitrogen and oxygen atoms in total. The number of carboxylic acids is 1. The Labute approximate surface area is 146 Å². The fourth-order valence-electron chi connectivity index (χ4n) is 1.61. The second-order valence-electron chi connectivity index (χ2n) is 3.96. The van der Waals surface area contributed by atoms with Crippen LogP contribution in [0.5, 0.6) is 5.75 Å². The number of carbonyl (C=O) groups excluding carboxylic acids is 1. The van der Waals surface area contributed by atoms with Crippen LogP contribution in [0.2, 0.25) is 0 Å². The van der Waals surface area contributed by atoms with Gasteiger partial charge in [0.05, 0.1) is 26.6 Å². The number of rotatable bonds is 3. The molecule has 0 aliphatic rings. The van der Waals surface area contributed by atoms with Crippen molar-refractivity contribution in [2.75, 3.05) is 5.32 Å². The minimum atomic E-state index is -1.17. The molecule has 1 aromatic carbocycles. The molecule has 21 heavy (non-hydrogen) atoms. The highest BCUT2D eigenvalue weighted by Gasteiger charge is 2.18. The van der Waals surface area contributed by atoms with Crippen LogP contribution in [0.25, 0.3) is 0 Å². The molecule has 0 saturated carbocycles. The van der Waals surface area contributed by atoms with Gasteiger partial charge in [0.15, 0.2) is 0 Å². The van der Waals surface area contributed by atoms with Crippen LogP contribution in [0.1, 0.15) is 20.7 Å². The Morgan fingerprint density at radius 3 is 2.57 bits per heavy atom. The number of hydrogen-bond donors (Lipinski definition) is 3. The molecule has 1 aromatic heterocycles. The number of aromatic carboxylic acids is 1. The number of carboxylic acid groups (broad SMARTS) is 1. The predicted molar refractivity (Wildman–Crippen MR) is 92.7 cm³/mol. The molecule has 0 aliphatic carbocycles. The Bertz CT molecular complexity index is 734. The van der Waals surface area contributed by atoms with Crippen molar-refractivity contribution in [3.63, 3.8) is 0 Å². The van der Waals surface area contributed by atoms with Gasteiger partial charge >= 0.3 is 5.97 Å². The lowest BCUT2D eigenvalue weighted by atomic mass is 10.1. The van der Waals surface area contributed by atoms with Crippen molar-refractivity contribution in [3.05, 3.63) is 48.9 Å². The van der Waals surface area contributed by atoms with Crippen LogP contribution < -0.4 is 5.32 Å². The predicted octanol–water partition coefficient (Wildman–Crippen LogP) is 2.95. The Morgan fingerprint density at radius 1 is 1.19 bits per heavy atom. The Kier molecular flexibility index (Phi) is 4.98. The molecular formula is C13H8I2N2O4. The van der Waals surface area contributed by atoms with Gasteiger partial charge in [-0.3, -0.25) is 9.78 Å². The summed E-state index contributed by atoms with van der Waals surface area (Å²) in [4.78, 5) is 27.1. The molecule has 0 spiro atoms. The van der Waals surface area contributed by atoms with Crippen LogP contribution in [0.15, 0.2) is 30.6 Å². The zero-order valence-electron chi connectivity index (χ0n) is 10.3. The summed E-state index contributed by atoms with van der Waals surface area (Å²) in [5.74, 6) is -1.91. The molecule has 1 amide bonds. The van der Waals surface area contributed by atoms with E-state index >= 15 is 0 Å². The number of hydrogen-bond acceptors (Lipinski definition) is 4. The molecule has 8 heteroatoms. The van der Waals surface area contributed by atoms with Gasteiger partial charge in [-0.05, 0) is 63.4 Å². The number of phenolic OH excluding ortho intramolecular Hbond substituents is 1. The lowest BCUT2D eigenvalue weighted by Crippen LogP contribution is -2.15. The van der Waals surface area contributed by atoms with Crippen LogP contribution >= 0.6 is 45.2 Å². The SMILES string of the molecule is O=C(O)c1ccncc1NC(=O)c1cc(I)cc(I)c1O. The number of aromatic hydroxyl groups is 1. The summed E-state index contributed by atoms with van der Waals surface area (Å²) in [6, 6.07) is 4.53. The normalized spacial score (nSPS) is 10.2. The standard InChI is InChI=1S/C13H8I2N2O4/c14-6-3-8(11(18)9(15)4-6)12(19)17-10-5-16-2-1-7(10)13(20)21/h1-5,18H,(H,17,19)(H,20,21). The van der Waals surface area contributed by atoms with Crippen molar-refractivity contribution in [3.8, 4) is 5.75 Å². The van der Waals surface area contributed by atoms with Crippen molar-refractivity contribution >= 4 is 62.7 Å². The number of anilines is 1. The summed E-state index contributed by atoms with van der Waals surface area (Å²) in [6.45, 7) is 0. The van der Waals surface area contributed by atoms with Gasteiger partial charge < -0.3 is 15.5 Å². The highest BCUT2D eigenvalue weighted by Crippen LogP contribution is 2.28. The van der Waals surface area contributed by atoms with E-state index in [1.165, 1.54) is 24.5 Å². The fourth-order valence-corrected chi connectivity index (χ4v) is 3.45. The van der Waals surface area contributed by atoms with Crippen molar-refractivity contribution in [1.29, 1.82) is 0 Å². The zero-order valence-corrected chi connectivity index (χ0v) is 14.6. The van der Waals surface area contributed by atoms with E-state index in [9.17, 15) is 14.7 Å². The second-order valence-corrected chi connectivity index (χ2v) is 6.37. The van der Waals surface area contributed by atoms with Gasteiger partial charge in [-0.1, -0.05) is 0 Å². The summed E-state index contributed by atoms with van der Waals surface area (Å²) >= 11 is 3.94. The largest absolute Gasteiger partial charge is 0.506 e. The van der Waals surface area contributed by atoms with Crippen LogP contribution in [0.4, 0.5) is 5.69 Å². The first-order chi connectivity index (χ1) is 9.90. The molecule has 0 bridgehead atoms. The van der Waals surface area contributed by atoms with Crippen LogP contribution in [0.3, 0.4) is 0 Å². The lowest BCUT2D eigenvalue weighted by molar-refractivity contribution is 0.0698. The number of benzene rings is 1. The van der Waals surface area contributed by atoms with Crippen molar-refractivity contribution < 1.29 is 19.8 Å². The third-order valence-corrected chi connectivity index (χ3v) is 4.02. The maximum Gasteiger partial charge on any atom is 0.337 e. The van der Waals surface area contributed by atoms with E-state index in [2.05, 4.69) is 10.3 Å². The Balaban J connectivity index is 2.38. The molecule has 0 fully saturated rings. The number of nitrogens with zero attached hydrogens (tertiary/aromatic N) is 1. The average Bonchev–Trinajstić information content (AvgIpc) is 2.43. The number of halogens is 2. The third-order valence-electron chi connectivity index (χ3n) is 2.57. The molecule has 0 unspecified atom stereocenters. The van der Waals surface area contributed by atoms with E-state index in [-0.39, 0.29) is 22.6 Å². The Morgan fingerprint density at radius 2 is 1.90 bits per heavy atom. The highest BCUT2D eigenvalue weighted by atomic mass is 127. The molecule has 3 N–H and O–H groups in total. The first kappa shape index (κ1) is 15.9. The molecule has 0 radical (unpaired) electrons. The summed E-state index contributed by atoms with van der Waals surface area (Å²) in [5, 5.41) is 21.5. The summed E-state index contributed by atoms with van der Waals surface area (Å²) in [5.41, 5.74) is 0.0768. The van der Waals surface area contributed by atoms with Gasteiger partial charge in [-0.2, -0.15) is 0 Å². The van der Waals surface area contributed by atoms with E-state index in [0.717, 1.165) is 3.57 Å². The summed E-state index contributed by atoms with van der Waals surface area (Å²) < 4.78 is 1.32. The molecule has 2 aromatic rings. The second kappa shape index (κ2) is 6.56. The molecule has 0 atom stereocenters. The lowest BCUT2D eigenvalue weighted by Gasteiger charge is -2.10. The van der Waals surface area contributed by atoms with Crippen molar-refractivity contribution in [2.24, 2.45) is 0 Å². The van der Waals surface area contributed by atoms with Crippen molar-refractivity contribution in [2.45, 2.75) is 0 Å². The zero-order chi connectivity index (χ0) is 15.6. The molecule has 2 rings (SSSR count). The number of phenols is 1. The molecule has 108 valence electrons. The van der Waals surface area contributed by atoms with Crippen LogP contribution in [-0.2, 0) is 0 Å². The van der Waals surface area contributed by atoms with Crippen molar-refractivity contribution in [1.82, 2.24) is 4.98 Å². The molecule has 0 aliphatic heterocycles. The number of nitrogens with one attached hydrogen (secondary N) is 1. The first-order valence-electron chi connectivity index (χ1n) is 5.57. The van der Waals surface area contributed by atoms with Gasteiger partial charge in [-0.25, -0.2) is 4.79 Å². The topological polar surface area (TPSA) is 99.5 Å². The molecule has 0 saturated heterocycles. The maximum absolute atomic E-state index is 12.2. The number of pyridine rings is 1. The summed E-state index contributed by atoms with van der Waals surface area (Å²) in [6.07, 6.45) is 2.57. The highest BCUT2D eigenvalue weighted by molar-refractivity contribution is 14.1. The monoisotopic (exact) mass is 510 g/mol. The van der Waals surface area contributed by atoms with Crippen LogP contribution in [-0.4, -0.2) is 27.1 Å². The Hall–Kier alpha value is -1.43. The first-order valence-corrected chi connectivity index (χ1v) is 7.72. The fraction of sp³-hybridized carbons (Fsp3) is 0. The van der Waals surface area contributed by atoms with Gasteiger partial charge in [0.1, 0.15) is 5.75 Å². The number of aromatic nitrogens is 1. The van der Waals surface area contributed by atoms with Gasteiger partial charge in [0.25, 0.3) is 5.91 Å². The van der Waals surface area contributed by atoms with E-state index in [1.54, 1.807) is 6.07 Å². The number of carbonyl (C=O) groups is 2. The van der Waals surface area contributed by atoms with Gasteiger partial charge in [0, 0.05) is 9.77 Å². The van der Waals surface area contributed by atoms with E-state index in [4.69, 9.17) is 5.11 Å². The average molecular weight is 510 g/mol. The minimum absolute atomic E-state index is 0.0711. The smallest absolute Gasteiger partial charge is 0.337 e. The van der Waals surface area contributed by atoms with Gasteiger partial charge in [-0.15, -0.1) is 0 Å². The molecular weight excluding hydrogens is 502 g/mol. The minimum Gasteiger partial charge on any atom is -0.506 e. The number of amides is 1. The van der Waals surface area contributed by atoms with Crippen LogP contribution in [0, 0.1) is 7.14 Å². The van der Waals surface area contributed by atoms with E-state index in [0.29, 0.717) is 3.57 Å². The third kappa shape index (κ3) is 3.61. The van der Waals surface area contributed by atoms with E-state index in [1.807, 2.05) is 45.2 Å². The molecule has 1 heterocycles. The van der Waals surface area contributed by atoms with Gasteiger partial charge in [0.2, 0.25) is 0 Å². The summed E-state index contributed by atoms with van der Waals surface area (Å²) in [7, 11) is 0. The quantitative estimate of drug-likeness (QED) is 0.552. The van der Waals surface area contributed by atoms with E-state index < -0.39 is 11.9 Å².